The molecule has 0 radical (unpaired) electrons. The van der Waals surface area contributed by atoms with E-state index < -0.39 is 0 Å². The maximum Gasteiger partial charge on any atom is 0.259 e. The number of hydrazine groups is 1. The summed E-state index contributed by atoms with van der Waals surface area (Å²) in [5, 5.41) is 12.0. The number of nitrogens with two attached hydrogens (primary N) is 2. The normalized spacial score (nSPS) is 13.9. The van der Waals surface area contributed by atoms with Crippen molar-refractivity contribution in [2.75, 3.05) is 12.8 Å². The van der Waals surface area contributed by atoms with Gasteiger partial charge >= 0.3 is 0 Å². The minimum Gasteiger partial charge on any atom is -0.497 e. The van der Waals surface area contributed by atoms with Crippen LogP contribution in [0.15, 0.2) is 59.4 Å². The Kier molecular flexibility index (Phi) is 8.93. The second-order valence-electron chi connectivity index (χ2n) is 8.55. The highest BCUT2D eigenvalue weighted by molar-refractivity contribution is 5.83. The molecule has 0 saturated heterocycles. The van der Waals surface area contributed by atoms with E-state index in [4.69, 9.17) is 16.2 Å². The Morgan fingerprint density at radius 3 is 2.54 bits per heavy atom. The number of carbonyl (C=O) groups excluding carboxylic acids is 2. The number of nitrogen functional groups attached to an aromatic ring is 1. The molecule has 2 aromatic rings. The average Bonchev–Trinajstić information content (AvgIpc) is 3.67. The fraction of sp³-hybridized carbons (Fsp3) is 0.360. The van der Waals surface area contributed by atoms with Gasteiger partial charge in [-0.1, -0.05) is 30.8 Å². The Labute approximate surface area is 205 Å². The molecule has 35 heavy (non-hydrogen) atoms. The molecule has 10 heteroatoms. The van der Waals surface area contributed by atoms with Crippen LogP contribution in [0, 0.1) is 0 Å². The van der Waals surface area contributed by atoms with Crippen molar-refractivity contribution in [2.24, 2.45) is 16.1 Å². The van der Waals surface area contributed by atoms with E-state index in [9.17, 15) is 9.59 Å². The predicted octanol–water partition coefficient (Wildman–Crippen LogP) is 3.23. The van der Waals surface area contributed by atoms with E-state index >= 15 is 0 Å². The summed E-state index contributed by atoms with van der Waals surface area (Å²) in [5.41, 5.74) is 18.2. The monoisotopic (exact) mass is 479 g/mol. The second-order valence-corrected chi connectivity index (χ2v) is 8.55. The summed E-state index contributed by atoms with van der Waals surface area (Å²) in [6.07, 6.45) is 1.89. The van der Waals surface area contributed by atoms with Gasteiger partial charge in [0.1, 0.15) is 5.75 Å². The minimum atomic E-state index is -0.366. The van der Waals surface area contributed by atoms with Crippen molar-refractivity contribution in [2.45, 2.75) is 51.2 Å². The summed E-state index contributed by atoms with van der Waals surface area (Å²) in [6.45, 7) is 6.19. The molecule has 10 nitrogen and oxygen atoms in total. The predicted molar refractivity (Wildman–Crippen MR) is 134 cm³/mol. The first-order valence-electron chi connectivity index (χ1n) is 11.5. The summed E-state index contributed by atoms with van der Waals surface area (Å²) >= 11 is 0. The van der Waals surface area contributed by atoms with Crippen LogP contribution < -0.4 is 26.9 Å². The van der Waals surface area contributed by atoms with Crippen molar-refractivity contribution in [3.05, 3.63) is 65.7 Å². The zero-order chi connectivity index (χ0) is 25.4. The molecule has 0 heterocycles. The van der Waals surface area contributed by atoms with E-state index in [-0.39, 0.29) is 36.7 Å². The van der Waals surface area contributed by atoms with Gasteiger partial charge in [-0.3, -0.25) is 9.59 Å². The Hall–Kier alpha value is -3.76. The fourth-order valence-electron chi connectivity index (χ4n) is 3.15. The number of rotatable bonds is 12. The Bertz CT molecular complexity index is 1080. The number of nitrogens with one attached hydrogen (secondary N) is 2. The smallest absolute Gasteiger partial charge is 0.259 e. The molecule has 0 aliphatic heterocycles. The van der Waals surface area contributed by atoms with Crippen LogP contribution >= 0.6 is 0 Å². The molecule has 1 unspecified atom stereocenters. The number of anilines is 1. The standard InChI is InChI=1S/C25H33N7O3/c1-16(26)19-6-4-18(5-7-19)15-28-24(33)10-11-25(34)32(30-22-8-9-22)31-29-17(2)20-12-21(27)14-23(13-20)35-3/h4-7,12-14,16,22,30H,2,8-11,15,26-27H2,1,3H3,(H,28,33). The number of hydrogen-bond acceptors (Lipinski definition) is 8. The molecule has 1 saturated carbocycles. The van der Waals surface area contributed by atoms with Crippen LogP contribution in [0.25, 0.3) is 5.70 Å². The van der Waals surface area contributed by atoms with E-state index in [1.165, 1.54) is 7.11 Å². The van der Waals surface area contributed by atoms with Crippen molar-refractivity contribution in [1.29, 1.82) is 0 Å². The van der Waals surface area contributed by atoms with E-state index in [0.29, 0.717) is 29.2 Å². The fourth-order valence-corrected chi connectivity index (χ4v) is 3.15. The number of ether oxygens (including phenoxy) is 1. The number of nitrogens with zero attached hydrogens (tertiary/aromatic N) is 3. The van der Waals surface area contributed by atoms with Crippen LogP contribution in [0.1, 0.15) is 55.3 Å². The number of methoxy groups -OCH3 is 1. The molecule has 186 valence electrons. The topological polar surface area (TPSA) is 147 Å². The highest BCUT2D eigenvalue weighted by Gasteiger charge is 2.26. The highest BCUT2D eigenvalue weighted by Crippen LogP contribution is 2.25. The lowest BCUT2D eigenvalue weighted by molar-refractivity contribution is -0.137. The summed E-state index contributed by atoms with van der Waals surface area (Å²) in [5.74, 6) is -0.0273. The molecule has 0 bridgehead atoms. The Morgan fingerprint density at radius 1 is 1.20 bits per heavy atom. The van der Waals surface area contributed by atoms with Gasteiger partial charge in [-0.15, -0.1) is 10.2 Å². The molecule has 3 rings (SSSR count). The minimum absolute atomic E-state index is 0.0210. The van der Waals surface area contributed by atoms with Crippen molar-refractivity contribution in [1.82, 2.24) is 15.9 Å². The van der Waals surface area contributed by atoms with Gasteiger partial charge in [0, 0.05) is 48.8 Å². The SMILES string of the molecule is C=C(N=NN(NC1CC1)C(=O)CCC(=O)NCc1ccc(C(C)N)cc1)c1cc(N)cc(OC)c1. The number of hydrogen-bond donors (Lipinski definition) is 4. The van der Waals surface area contributed by atoms with Gasteiger partial charge in [-0.25, -0.2) is 5.43 Å². The third kappa shape index (κ3) is 8.20. The van der Waals surface area contributed by atoms with Crippen molar-refractivity contribution >= 4 is 23.2 Å². The zero-order valence-corrected chi connectivity index (χ0v) is 20.2. The maximum atomic E-state index is 12.7. The molecule has 0 aromatic heterocycles. The Balaban J connectivity index is 1.53. The third-order valence-corrected chi connectivity index (χ3v) is 5.43. The summed E-state index contributed by atoms with van der Waals surface area (Å²) in [7, 11) is 1.54. The first-order valence-corrected chi connectivity index (χ1v) is 11.5. The zero-order valence-electron chi connectivity index (χ0n) is 20.2. The molecule has 0 spiro atoms. The van der Waals surface area contributed by atoms with Crippen LogP contribution in [0.4, 0.5) is 5.69 Å². The maximum absolute atomic E-state index is 12.7. The first-order chi connectivity index (χ1) is 16.7. The van der Waals surface area contributed by atoms with Crippen molar-refractivity contribution < 1.29 is 14.3 Å². The van der Waals surface area contributed by atoms with Gasteiger partial charge in [0.15, 0.2) is 0 Å². The van der Waals surface area contributed by atoms with E-state index in [1.54, 1.807) is 18.2 Å². The lowest BCUT2D eigenvalue weighted by Gasteiger charge is -2.16. The molecule has 2 aromatic carbocycles. The van der Waals surface area contributed by atoms with E-state index in [2.05, 4.69) is 27.7 Å². The molecule has 1 fully saturated rings. The highest BCUT2D eigenvalue weighted by atomic mass is 16.5. The van der Waals surface area contributed by atoms with Crippen molar-refractivity contribution in [3.8, 4) is 5.75 Å². The number of benzene rings is 2. The summed E-state index contributed by atoms with van der Waals surface area (Å²) < 4.78 is 5.21. The Morgan fingerprint density at radius 2 is 1.91 bits per heavy atom. The largest absolute Gasteiger partial charge is 0.497 e. The first kappa shape index (κ1) is 25.9. The van der Waals surface area contributed by atoms with Crippen molar-refractivity contribution in [3.63, 3.8) is 0 Å². The quantitative estimate of drug-likeness (QED) is 0.209. The van der Waals surface area contributed by atoms with E-state index in [0.717, 1.165) is 29.1 Å². The molecule has 2 amide bonds. The van der Waals surface area contributed by atoms with Gasteiger partial charge in [0.25, 0.3) is 5.91 Å². The number of amides is 2. The van der Waals surface area contributed by atoms with Gasteiger partial charge in [-0.05, 0) is 48.2 Å². The van der Waals surface area contributed by atoms with Crippen LogP contribution in [-0.4, -0.2) is 30.1 Å². The van der Waals surface area contributed by atoms with E-state index in [1.807, 2.05) is 31.2 Å². The van der Waals surface area contributed by atoms with Crippen LogP contribution in [0.3, 0.4) is 0 Å². The average molecular weight is 480 g/mol. The van der Waals surface area contributed by atoms with Gasteiger partial charge in [-0.2, -0.15) is 0 Å². The molecular formula is C25H33N7O3. The number of carbonyl (C=O) groups is 2. The van der Waals surface area contributed by atoms with Crippen LogP contribution in [0.5, 0.6) is 5.75 Å². The van der Waals surface area contributed by atoms with Crippen LogP contribution in [0.2, 0.25) is 0 Å². The van der Waals surface area contributed by atoms with Crippen LogP contribution in [-0.2, 0) is 16.1 Å². The van der Waals surface area contributed by atoms with Gasteiger partial charge in [0.05, 0.1) is 12.8 Å². The van der Waals surface area contributed by atoms with Gasteiger partial charge < -0.3 is 21.5 Å². The molecule has 1 atom stereocenters. The summed E-state index contributed by atoms with van der Waals surface area (Å²) in [4.78, 5) is 25.0. The molecule has 1 aliphatic rings. The molecule has 1 aliphatic carbocycles. The second kappa shape index (κ2) is 12.1. The molecular weight excluding hydrogens is 446 g/mol. The lowest BCUT2D eigenvalue weighted by Crippen LogP contribution is -2.40. The van der Waals surface area contributed by atoms with Gasteiger partial charge in [0.2, 0.25) is 5.91 Å². The third-order valence-electron chi connectivity index (χ3n) is 5.43. The molecule has 6 N–H and O–H groups in total. The lowest BCUT2D eigenvalue weighted by atomic mass is 10.1. The summed E-state index contributed by atoms with van der Waals surface area (Å²) in [6, 6.07) is 12.9.